The van der Waals surface area contributed by atoms with Crippen molar-refractivity contribution in [3.05, 3.63) is 33.9 Å². The SMILES string of the molecule is CCC(CC)N(CCOC)c1ccc([N+](=O)[O-])c(C=O)c1. The van der Waals surface area contributed by atoms with Gasteiger partial charge in [-0.05, 0) is 25.0 Å². The maximum absolute atomic E-state index is 11.1. The number of rotatable bonds is 9. The predicted molar refractivity (Wildman–Crippen MR) is 82.1 cm³/mol. The summed E-state index contributed by atoms with van der Waals surface area (Å²) in [7, 11) is 1.64. The zero-order valence-corrected chi connectivity index (χ0v) is 12.7. The molecule has 21 heavy (non-hydrogen) atoms. The van der Waals surface area contributed by atoms with E-state index in [1.54, 1.807) is 19.2 Å². The Morgan fingerprint density at radius 2 is 2.05 bits per heavy atom. The number of ether oxygens (including phenoxy) is 1. The zero-order valence-electron chi connectivity index (χ0n) is 12.7. The van der Waals surface area contributed by atoms with Gasteiger partial charge in [-0.1, -0.05) is 13.8 Å². The lowest BCUT2D eigenvalue weighted by atomic mass is 10.1. The summed E-state index contributed by atoms with van der Waals surface area (Å²) in [5.74, 6) is 0. The van der Waals surface area contributed by atoms with Crippen molar-refractivity contribution in [2.24, 2.45) is 0 Å². The molecule has 1 rings (SSSR count). The van der Waals surface area contributed by atoms with E-state index in [0.717, 1.165) is 18.5 Å². The van der Waals surface area contributed by atoms with Crippen LogP contribution in [0.1, 0.15) is 37.0 Å². The normalized spacial score (nSPS) is 10.7. The summed E-state index contributed by atoms with van der Waals surface area (Å²) in [5, 5.41) is 10.9. The van der Waals surface area contributed by atoms with Gasteiger partial charge in [0.15, 0.2) is 6.29 Å². The molecule has 0 spiro atoms. The Balaban J connectivity index is 3.17. The van der Waals surface area contributed by atoms with E-state index < -0.39 is 4.92 Å². The van der Waals surface area contributed by atoms with Crippen LogP contribution in [0.4, 0.5) is 11.4 Å². The third kappa shape index (κ3) is 4.26. The fraction of sp³-hybridized carbons (Fsp3) is 0.533. The predicted octanol–water partition coefficient (Wildman–Crippen LogP) is 3.05. The van der Waals surface area contributed by atoms with Gasteiger partial charge < -0.3 is 9.64 Å². The highest BCUT2D eigenvalue weighted by atomic mass is 16.6. The van der Waals surface area contributed by atoms with Gasteiger partial charge in [-0.2, -0.15) is 0 Å². The average molecular weight is 294 g/mol. The monoisotopic (exact) mass is 294 g/mol. The minimum Gasteiger partial charge on any atom is -0.383 e. The molecule has 6 nitrogen and oxygen atoms in total. The first kappa shape index (κ1) is 17.1. The topological polar surface area (TPSA) is 72.7 Å². The van der Waals surface area contributed by atoms with Crippen LogP contribution >= 0.6 is 0 Å². The van der Waals surface area contributed by atoms with Crippen molar-refractivity contribution in [1.29, 1.82) is 0 Å². The first-order chi connectivity index (χ1) is 10.1. The summed E-state index contributed by atoms with van der Waals surface area (Å²) in [6, 6.07) is 4.97. The van der Waals surface area contributed by atoms with E-state index >= 15 is 0 Å². The highest BCUT2D eigenvalue weighted by Gasteiger charge is 2.19. The maximum Gasteiger partial charge on any atom is 0.280 e. The molecule has 0 fully saturated rings. The van der Waals surface area contributed by atoms with E-state index in [-0.39, 0.29) is 11.3 Å². The summed E-state index contributed by atoms with van der Waals surface area (Å²) in [5.41, 5.74) is 0.754. The number of carbonyl (C=O) groups excluding carboxylic acids is 1. The lowest BCUT2D eigenvalue weighted by Gasteiger charge is -2.32. The molecule has 0 aliphatic carbocycles. The van der Waals surface area contributed by atoms with Crippen molar-refractivity contribution in [2.75, 3.05) is 25.2 Å². The number of hydrogen-bond donors (Lipinski definition) is 0. The van der Waals surface area contributed by atoms with E-state index in [0.29, 0.717) is 25.5 Å². The molecule has 0 saturated heterocycles. The van der Waals surface area contributed by atoms with Gasteiger partial charge in [0, 0.05) is 31.5 Å². The largest absolute Gasteiger partial charge is 0.383 e. The lowest BCUT2D eigenvalue weighted by molar-refractivity contribution is -0.385. The molecule has 6 heteroatoms. The summed E-state index contributed by atoms with van der Waals surface area (Å²) in [4.78, 5) is 23.6. The van der Waals surface area contributed by atoms with Crippen molar-refractivity contribution >= 4 is 17.7 Å². The number of nitro benzene ring substituents is 1. The molecule has 0 heterocycles. The number of benzene rings is 1. The Hall–Kier alpha value is -1.95. The van der Waals surface area contributed by atoms with E-state index in [1.165, 1.54) is 6.07 Å². The number of nitro groups is 1. The second kappa shape index (κ2) is 8.36. The highest BCUT2D eigenvalue weighted by molar-refractivity contribution is 5.83. The fourth-order valence-electron chi connectivity index (χ4n) is 2.42. The number of nitrogens with zero attached hydrogens (tertiary/aromatic N) is 2. The Morgan fingerprint density at radius 3 is 2.52 bits per heavy atom. The smallest absolute Gasteiger partial charge is 0.280 e. The highest BCUT2D eigenvalue weighted by Crippen LogP contribution is 2.26. The maximum atomic E-state index is 11.1. The number of methoxy groups -OCH3 is 1. The standard InChI is InChI=1S/C15H22N2O4/c1-4-13(5-2)16(8-9-21-3)14-6-7-15(17(19)20)12(10-14)11-18/h6-7,10-11,13H,4-5,8-9H2,1-3H3. The molecule has 0 amide bonds. The van der Waals surface area contributed by atoms with Gasteiger partial charge in [0.25, 0.3) is 5.69 Å². The summed E-state index contributed by atoms with van der Waals surface area (Å²) in [6.45, 7) is 5.43. The van der Waals surface area contributed by atoms with Crippen LogP contribution in [0, 0.1) is 10.1 Å². The lowest BCUT2D eigenvalue weighted by Crippen LogP contribution is -2.37. The fourth-order valence-corrected chi connectivity index (χ4v) is 2.42. The van der Waals surface area contributed by atoms with Gasteiger partial charge in [-0.15, -0.1) is 0 Å². The molecule has 116 valence electrons. The minimum atomic E-state index is -0.538. The molecule has 0 saturated carbocycles. The van der Waals surface area contributed by atoms with Crippen LogP contribution in [0.25, 0.3) is 0 Å². The van der Waals surface area contributed by atoms with Gasteiger partial charge in [0.05, 0.1) is 17.1 Å². The van der Waals surface area contributed by atoms with Crippen molar-refractivity contribution in [3.63, 3.8) is 0 Å². The van der Waals surface area contributed by atoms with Crippen LogP contribution in [-0.4, -0.2) is 37.5 Å². The van der Waals surface area contributed by atoms with Crippen LogP contribution in [-0.2, 0) is 4.74 Å². The molecule has 0 atom stereocenters. The molecule has 1 aromatic rings. The molecular weight excluding hydrogens is 272 g/mol. The second-order valence-electron chi connectivity index (χ2n) is 4.77. The van der Waals surface area contributed by atoms with Crippen molar-refractivity contribution in [3.8, 4) is 0 Å². The molecule has 0 aliphatic rings. The molecule has 0 unspecified atom stereocenters. The third-order valence-electron chi connectivity index (χ3n) is 3.59. The van der Waals surface area contributed by atoms with Crippen LogP contribution in [0.5, 0.6) is 0 Å². The Bertz CT molecular complexity index is 487. The van der Waals surface area contributed by atoms with Gasteiger partial charge in [-0.3, -0.25) is 14.9 Å². The minimum absolute atomic E-state index is 0.103. The Labute approximate surface area is 124 Å². The molecule has 0 aliphatic heterocycles. The van der Waals surface area contributed by atoms with Gasteiger partial charge >= 0.3 is 0 Å². The van der Waals surface area contributed by atoms with Crippen molar-refractivity contribution in [2.45, 2.75) is 32.7 Å². The second-order valence-corrected chi connectivity index (χ2v) is 4.77. The molecule has 0 aromatic heterocycles. The zero-order chi connectivity index (χ0) is 15.8. The number of carbonyl (C=O) groups is 1. The van der Waals surface area contributed by atoms with Crippen LogP contribution in [0.15, 0.2) is 18.2 Å². The number of hydrogen-bond acceptors (Lipinski definition) is 5. The van der Waals surface area contributed by atoms with E-state index in [1.807, 2.05) is 0 Å². The molecule has 1 aromatic carbocycles. The van der Waals surface area contributed by atoms with Crippen LogP contribution in [0.2, 0.25) is 0 Å². The van der Waals surface area contributed by atoms with E-state index in [9.17, 15) is 14.9 Å². The first-order valence-electron chi connectivity index (χ1n) is 7.08. The van der Waals surface area contributed by atoms with E-state index in [4.69, 9.17) is 4.74 Å². The van der Waals surface area contributed by atoms with Gasteiger partial charge in [-0.25, -0.2) is 0 Å². The summed E-state index contributed by atoms with van der Waals surface area (Å²) >= 11 is 0. The number of aldehydes is 1. The Morgan fingerprint density at radius 1 is 1.38 bits per heavy atom. The first-order valence-corrected chi connectivity index (χ1v) is 7.08. The van der Waals surface area contributed by atoms with Gasteiger partial charge in [0.2, 0.25) is 0 Å². The van der Waals surface area contributed by atoms with Crippen LogP contribution < -0.4 is 4.90 Å². The van der Waals surface area contributed by atoms with Crippen molar-refractivity contribution in [1.82, 2.24) is 0 Å². The van der Waals surface area contributed by atoms with Gasteiger partial charge in [0.1, 0.15) is 0 Å². The summed E-state index contributed by atoms with van der Waals surface area (Å²) in [6.07, 6.45) is 2.43. The molecular formula is C15H22N2O4. The van der Waals surface area contributed by atoms with Crippen molar-refractivity contribution < 1.29 is 14.5 Å². The third-order valence-corrected chi connectivity index (χ3v) is 3.59. The molecule has 0 N–H and O–H groups in total. The molecule has 0 radical (unpaired) electrons. The molecule has 0 bridgehead atoms. The summed E-state index contributed by atoms with van der Waals surface area (Å²) < 4.78 is 5.13. The number of anilines is 1. The average Bonchev–Trinajstić information content (AvgIpc) is 2.50. The van der Waals surface area contributed by atoms with E-state index in [2.05, 4.69) is 18.7 Å². The Kier molecular flexibility index (Phi) is 6.81. The van der Waals surface area contributed by atoms with Crippen LogP contribution in [0.3, 0.4) is 0 Å². The quantitative estimate of drug-likeness (QED) is 0.397.